The Bertz CT molecular complexity index is 566. The van der Waals surface area contributed by atoms with E-state index in [-0.39, 0.29) is 0 Å². The van der Waals surface area contributed by atoms with Crippen LogP contribution in [0.3, 0.4) is 0 Å². The van der Waals surface area contributed by atoms with Crippen LogP contribution in [0.4, 0.5) is 0 Å². The smallest absolute Gasteiger partial charge is 0.167 e. The molecule has 0 aromatic carbocycles. The molecule has 0 spiro atoms. The molecule has 0 aromatic rings. The Balaban J connectivity index is 1.30. The number of fused-ring (bicyclic) bond motifs is 1. The van der Waals surface area contributed by atoms with Crippen molar-refractivity contribution < 1.29 is 0 Å². The van der Waals surface area contributed by atoms with E-state index in [2.05, 4.69) is 25.9 Å². The van der Waals surface area contributed by atoms with Crippen LogP contribution >= 0.6 is 24.0 Å². The van der Waals surface area contributed by atoms with E-state index in [0.29, 0.717) is 18.0 Å². The van der Waals surface area contributed by atoms with Crippen LogP contribution in [0.25, 0.3) is 0 Å². The summed E-state index contributed by atoms with van der Waals surface area (Å²) in [7, 11) is 0. The Hall–Kier alpha value is -0.750. The number of nitrogens with one attached hydrogen (secondary N) is 2. The first-order chi connectivity index (χ1) is 12.8. The Kier molecular flexibility index (Phi) is 6.41. The van der Waals surface area contributed by atoms with Crippen molar-refractivity contribution in [3.05, 3.63) is 11.1 Å². The van der Waals surface area contributed by atoms with Gasteiger partial charge in [-0.1, -0.05) is 50.3 Å². The van der Waals surface area contributed by atoms with Crippen molar-refractivity contribution in [1.82, 2.24) is 15.5 Å². The van der Waals surface area contributed by atoms with E-state index in [9.17, 15) is 0 Å². The number of allylic oxidation sites excluding steroid dienone is 1. The van der Waals surface area contributed by atoms with E-state index in [4.69, 9.17) is 12.2 Å². The van der Waals surface area contributed by atoms with Crippen LogP contribution in [-0.2, 0) is 0 Å². The second kappa shape index (κ2) is 8.96. The number of hydrogen-bond acceptors (Lipinski definition) is 4. The standard InChI is InChI=1S/C20H32N4S2/c25-19(22-16-8-3-1-2-4-9-16)23-18-10-6-5-7-15(18)13-17-14-26-20-21-11-12-24(17)20/h14-16,18H,1-13H2,(H2,22,23,25). The van der Waals surface area contributed by atoms with E-state index < -0.39 is 0 Å². The Morgan fingerprint density at radius 2 is 1.85 bits per heavy atom. The summed E-state index contributed by atoms with van der Waals surface area (Å²) < 4.78 is 0. The van der Waals surface area contributed by atoms with E-state index in [1.54, 1.807) is 11.8 Å². The molecule has 2 N–H and O–H groups in total. The van der Waals surface area contributed by atoms with Crippen molar-refractivity contribution in [2.45, 2.75) is 82.7 Å². The molecular formula is C20H32N4S2. The normalized spacial score (nSPS) is 29.6. The highest BCUT2D eigenvalue weighted by molar-refractivity contribution is 8.16. The van der Waals surface area contributed by atoms with Crippen LogP contribution in [0.15, 0.2) is 16.1 Å². The zero-order valence-corrected chi connectivity index (χ0v) is 17.3. The highest BCUT2D eigenvalue weighted by atomic mass is 32.2. The third-order valence-electron chi connectivity index (χ3n) is 6.34. The van der Waals surface area contributed by atoms with Gasteiger partial charge in [0, 0.05) is 24.3 Å². The van der Waals surface area contributed by atoms with E-state index >= 15 is 0 Å². The van der Waals surface area contributed by atoms with Crippen LogP contribution in [-0.4, -0.2) is 40.4 Å². The lowest BCUT2D eigenvalue weighted by Gasteiger charge is -2.35. The molecule has 4 nitrogen and oxygen atoms in total. The molecule has 6 heteroatoms. The molecule has 0 amide bonds. The average Bonchev–Trinajstić information content (AvgIpc) is 3.15. The van der Waals surface area contributed by atoms with Gasteiger partial charge >= 0.3 is 0 Å². The number of thiocarbonyl (C=S) groups is 1. The fourth-order valence-corrected chi connectivity index (χ4v) is 6.15. The summed E-state index contributed by atoms with van der Waals surface area (Å²) in [5.41, 5.74) is 1.48. The molecule has 0 radical (unpaired) electrons. The van der Waals surface area contributed by atoms with Gasteiger partial charge in [-0.25, -0.2) is 0 Å². The number of aliphatic imine (C=N–C) groups is 1. The van der Waals surface area contributed by atoms with Crippen LogP contribution in [0.5, 0.6) is 0 Å². The third-order valence-corrected chi connectivity index (χ3v) is 7.52. The third kappa shape index (κ3) is 4.56. The topological polar surface area (TPSA) is 39.7 Å². The van der Waals surface area contributed by atoms with Gasteiger partial charge in [0.1, 0.15) is 0 Å². The van der Waals surface area contributed by atoms with Crippen LogP contribution in [0.1, 0.15) is 70.6 Å². The largest absolute Gasteiger partial charge is 0.360 e. The zero-order chi connectivity index (χ0) is 17.8. The van der Waals surface area contributed by atoms with Crippen LogP contribution in [0.2, 0.25) is 0 Å². The molecule has 4 rings (SSSR count). The molecule has 2 aliphatic heterocycles. The number of hydrogen-bond donors (Lipinski definition) is 2. The predicted octanol–water partition coefficient (Wildman–Crippen LogP) is 4.38. The molecule has 0 saturated heterocycles. The molecular weight excluding hydrogens is 360 g/mol. The lowest BCUT2D eigenvalue weighted by atomic mass is 9.81. The van der Waals surface area contributed by atoms with Gasteiger partial charge in [0.05, 0.1) is 6.54 Å². The van der Waals surface area contributed by atoms with Crippen molar-refractivity contribution in [1.29, 1.82) is 0 Å². The molecule has 26 heavy (non-hydrogen) atoms. The lowest BCUT2D eigenvalue weighted by Crippen LogP contribution is -2.49. The van der Waals surface area contributed by atoms with E-state index in [0.717, 1.165) is 24.6 Å². The van der Waals surface area contributed by atoms with Crippen LogP contribution < -0.4 is 10.6 Å². The molecule has 2 heterocycles. The second-order valence-electron chi connectivity index (χ2n) is 8.20. The quantitative estimate of drug-likeness (QED) is 0.549. The Labute approximate surface area is 167 Å². The number of thioether (sulfide) groups is 1. The average molecular weight is 393 g/mol. The van der Waals surface area contributed by atoms with Crippen molar-refractivity contribution in [2.24, 2.45) is 10.9 Å². The van der Waals surface area contributed by atoms with Gasteiger partial charge in [-0.15, -0.1) is 0 Å². The van der Waals surface area contributed by atoms with Gasteiger partial charge in [-0.3, -0.25) is 4.99 Å². The summed E-state index contributed by atoms with van der Waals surface area (Å²) in [4.78, 5) is 7.02. The summed E-state index contributed by atoms with van der Waals surface area (Å²) in [5.74, 6) is 0.685. The molecule has 4 aliphatic rings. The van der Waals surface area contributed by atoms with Crippen molar-refractivity contribution in [3.8, 4) is 0 Å². The first-order valence-electron chi connectivity index (χ1n) is 10.5. The minimum atomic E-state index is 0.518. The van der Waals surface area contributed by atoms with Crippen LogP contribution in [0, 0.1) is 5.92 Å². The fraction of sp³-hybridized carbons (Fsp3) is 0.800. The van der Waals surface area contributed by atoms with Gasteiger partial charge in [-0.05, 0) is 55.6 Å². The molecule has 2 atom stereocenters. The molecule has 2 saturated carbocycles. The monoisotopic (exact) mass is 392 g/mol. The Morgan fingerprint density at radius 1 is 1.08 bits per heavy atom. The first-order valence-corrected chi connectivity index (χ1v) is 11.8. The number of amidine groups is 1. The first kappa shape index (κ1) is 18.6. The highest BCUT2D eigenvalue weighted by Gasteiger charge is 2.32. The molecule has 0 bridgehead atoms. The summed E-state index contributed by atoms with van der Waals surface area (Å²) in [6.45, 7) is 2.03. The fourth-order valence-electron chi connectivity index (χ4n) is 4.87. The molecule has 2 unspecified atom stereocenters. The summed E-state index contributed by atoms with van der Waals surface area (Å²) in [6, 6.07) is 1.10. The molecule has 144 valence electrons. The van der Waals surface area contributed by atoms with E-state index in [1.807, 2.05) is 0 Å². The van der Waals surface area contributed by atoms with Gasteiger partial charge < -0.3 is 15.5 Å². The van der Waals surface area contributed by atoms with E-state index in [1.165, 1.54) is 75.1 Å². The maximum Gasteiger partial charge on any atom is 0.167 e. The Morgan fingerprint density at radius 3 is 2.69 bits per heavy atom. The van der Waals surface area contributed by atoms with Crippen molar-refractivity contribution in [3.63, 3.8) is 0 Å². The van der Waals surface area contributed by atoms with Crippen molar-refractivity contribution in [2.75, 3.05) is 13.1 Å². The zero-order valence-electron chi connectivity index (χ0n) is 15.7. The summed E-state index contributed by atoms with van der Waals surface area (Å²) in [5, 5.41) is 11.8. The van der Waals surface area contributed by atoms with Gasteiger partial charge in [0.15, 0.2) is 10.3 Å². The minimum Gasteiger partial charge on any atom is -0.360 e. The van der Waals surface area contributed by atoms with Crippen molar-refractivity contribution >= 4 is 34.3 Å². The predicted molar refractivity (Wildman–Crippen MR) is 115 cm³/mol. The highest BCUT2D eigenvalue weighted by Crippen LogP contribution is 2.36. The van der Waals surface area contributed by atoms with Gasteiger partial charge in [0.25, 0.3) is 0 Å². The molecule has 0 aromatic heterocycles. The SMILES string of the molecule is S=C(NC1CCCCCC1)NC1CCCCC1CC1=CSC2=NCCN12. The lowest BCUT2D eigenvalue weighted by molar-refractivity contribution is 0.273. The minimum absolute atomic E-state index is 0.518. The molecule has 2 fully saturated rings. The summed E-state index contributed by atoms with van der Waals surface area (Å²) in [6.07, 6.45) is 14.4. The van der Waals surface area contributed by atoms with Gasteiger partial charge in [0.2, 0.25) is 0 Å². The molecule has 2 aliphatic carbocycles. The number of rotatable bonds is 4. The maximum absolute atomic E-state index is 5.70. The second-order valence-corrected chi connectivity index (χ2v) is 9.45. The number of nitrogens with zero attached hydrogens (tertiary/aromatic N) is 2. The van der Waals surface area contributed by atoms with Gasteiger partial charge in [-0.2, -0.15) is 0 Å². The summed E-state index contributed by atoms with van der Waals surface area (Å²) >= 11 is 7.51. The maximum atomic E-state index is 5.70.